The van der Waals surface area contributed by atoms with E-state index in [1.54, 1.807) is 17.4 Å². The second kappa shape index (κ2) is 6.54. The summed E-state index contributed by atoms with van der Waals surface area (Å²) in [5.41, 5.74) is 3.11. The van der Waals surface area contributed by atoms with Crippen molar-refractivity contribution in [3.05, 3.63) is 70.7 Å². The minimum Gasteiger partial charge on any atom is -0.458 e. The highest BCUT2D eigenvalue weighted by molar-refractivity contribution is 7.19. The second-order valence-electron chi connectivity index (χ2n) is 4.95. The lowest BCUT2D eigenvalue weighted by Gasteiger charge is -2.02. The molecule has 0 aliphatic carbocycles. The van der Waals surface area contributed by atoms with E-state index in [1.165, 1.54) is 11.6 Å². The first kappa shape index (κ1) is 14.5. The summed E-state index contributed by atoms with van der Waals surface area (Å²) < 4.78 is 6.32. The average Bonchev–Trinajstić information content (AvgIpc) is 2.95. The van der Waals surface area contributed by atoms with E-state index in [4.69, 9.17) is 4.74 Å². The predicted molar refractivity (Wildman–Crippen MR) is 89.6 cm³/mol. The van der Waals surface area contributed by atoms with Gasteiger partial charge >= 0.3 is 5.97 Å². The van der Waals surface area contributed by atoms with Crippen LogP contribution in [0.15, 0.2) is 54.6 Å². The molecule has 0 aliphatic rings. The maximum atomic E-state index is 11.7. The maximum Gasteiger partial charge on any atom is 0.331 e. The van der Waals surface area contributed by atoms with E-state index >= 15 is 0 Å². The molecule has 0 saturated heterocycles. The lowest BCUT2D eigenvalue weighted by molar-refractivity contribution is -0.138. The fourth-order valence-corrected chi connectivity index (χ4v) is 2.86. The number of hydrogen-bond donors (Lipinski definition) is 0. The van der Waals surface area contributed by atoms with E-state index < -0.39 is 0 Å². The number of aryl methyl sites for hydroxylation is 1. The number of fused-ring (bicyclic) bond motifs is 1. The molecular weight excluding hydrogens is 294 g/mol. The molecule has 0 atom stereocenters. The Balaban J connectivity index is 1.59. The maximum absolute atomic E-state index is 11.7. The van der Waals surface area contributed by atoms with E-state index in [2.05, 4.69) is 4.98 Å². The Bertz CT molecular complexity index is 785. The van der Waals surface area contributed by atoms with Crippen LogP contribution in [0.3, 0.4) is 0 Å². The van der Waals surface area contributed by atoms with Gasteiger partial charge in [0.2, 0.25) is 0 Å². The molecule has 0 amide bonds. The van der Waals surface area contributed by atoms with Crippen molar-refractivity contribution in [2.24, 2.45) is 0 Å². The van der Waals surface area contributed by atoms with Crippen molar-refractivity contribution in [3.63, 3.8) is 0 Å². The van der Waals surface area contributed by atoms with E-state index in [0.29, 0.717) is 0 Å². The van der Waals surface area contributed by atoms with Crippen molar-refractivity contribution in [1.29, 1.82) is 0 Å². The number of benzene rings is 2. The SMILES string of the molecule is Cc1ccc(COC(=O)/C=C/c2nc3ccccc3s2)cc1. The molecule has 0 spiro atoms. The van der Waals surface area contributed by atoms with Gasteiger partial charge in [-0.15, -0.1) is 11.3 Å². The Hall–Kier alpha value is -2.46. The number of hydrogen-bond acceptors (Lipinski definition) is 4. The van der Waals surface area contributed by atoms with Crippen molar-refractivity contribution in [1.82, 2.24) is 4.98 Å². The van der Waals surface area contributed by atoms with Crippen LogP contribution in [-0.4, -0.2) is 11.0 Å². The normalized spacial score (nSPS) is 11.1. The van der Waals surface area contributed by atoms with Crippen LogP contribution >= 0.6 is 11.3 Å². The molecule has 0 bridgehead atoms. The van der Waals surface area contributed by atoms with E-state index in [0.717, 1.165) is 20.8 Å². The number of carbonyl (C=O) groups excluding carboxylic acids is 1. The van der Waals surface area contributed by atoms with Gasteiger partial charge in [0.1, 0.15) is 11.6 Å². The largest absolute Gasteiger partial charge is 0.458 e. The highest BCUT2D eigenvalue weighted by Gasteiger charge is 2.02. The molecule has 0 radical (unpaired) electrons. The van der Waals surface area contributed by atoms with Crippen molar-refractivity contribution in [3.8, 4) is 0 Å². The van der Waals surface area contributed by atoms with Crippen LogP contribution in [0.4, 0.5) is 0 Å². The summed E-state index contributed by atoms with van der Waals surface area (Å²) in [6.07, 6.45) is 3.12. The number of ether oxygens (including phenoxy) is 1. The predicted octanol–water partition coefficient (Wildman–Crippen LogP) is 4.36. The first-order valence-corrected chi connectivity index (χ1v) is 7.78. The lowest BCUT2D eigenvalue weighted by Crippen LogP contribution is -2.00. The standard InChI is InChI=1S/C18H15NO2S/c1-13-6-8-14(9-7-13)12-21-18(20)11-10-17-19-15-4-2-3-5-16(15)22-17/h2-11H,12H2,1H3/b11-10+. The number of carbonyl (C=O) groups is 1. The van der Waals surface area contributed by atoms with Gasteiger partial charge in [-0.3, -0.25) is 0 Å². The van der Waals surface area contributed by atoms with Gasteiger partial charge in [0.15, 0.2) is 0 Å². The van der Waals surface area contributed by atoms with Crippen LogP contribution in [0.1, 0.15) is 16.1 Å². The summed E-state index contributed by atoms with van der Waals surface area (Å²) in [4.78, 5) is 16.2. The van der Waals surface area contributed by atoms with Gasteiger partial charge in [0, 0.05) is 6.08 Å². The Labute approximate surface area is 132 Å². The Morgan fingerprint density at radius 3 is 2.73 bits per heavy atom. The van der Waals surface area contributed by atoms with Gasteiger partial charge in [-0.05, 0) is 30.7 Å². The van der Waals surface area contributed by atoms with Crippen LogP contribution in [0.5, 0.6) is 0 Å². The van der Waals surface area contributed by atoms with Crippen molar-refractivity contribution < 1.29 is 9.53 Å². The summed E-state index contributed by atoms with van der Waals surface area (Å²) in [5.74, 6) is -0.361. The van der Waals surface area contributed by atoms with Gasteiger partial charge in [0.25, 0.3) is 0 Å². The third-order valence-corrected chi connectivity index (χ3v) is 4.18. The summed E-state index contributed by atoms with van der Waals surface area (Å²) in [6.45, 7) is 2.31. The van der Waals surface area contributed by atoms with Crippen LogP contribution in [0.25, 0.3) is 16.3 Å². The highest BCUT2D eigenvalue weighted by atomic mass is 32.1. The van der Waals surface area contributed by atoms with Gasteiger partial charge in [-0.1, -0.05) is 42.0 Å². The minimum absolute atomic E-state index is 0.281. The summed E-state index contributed by atoms with van der Waals surface area (Å²) in [7, 11) is 0. The Morgan fingerprint density at radius 1 is 1.18 bits per heavy atom. The molecule has 0 fully saturated rings. The Morgan fingerprint density at radius 2 is 1.95 bits per heavy atom. The zero-order valence-corrected chi connectivity index (χ0v) is 13.0. The molecule has 0 unspecified atom stereocenters. The molecule has 0 saturated carbocycles. The minimum atomic E-state index is -0.361. The van der Waals surface area contributed by atoms with E-state index in [-0.39, 0.29) is 12.6 Å². The molecule has 2 aromatic carbocycles. The zero-order valence-electron chi connectivity index (χ0n) is 12.2. The smallest absolute Gasteiger partial charge is 0.331 e. The molecular formula is C18H15NO2S. The van der Waals surface area contributed by atoms with Crippen molar-refractivity contribution >= 4 is 33.6 Å². The van der Waals surface area contributed by atoms with Crippen molar-refractivity contribution in [2.75, 3.05) is 0 Å². The number of esters is 1. The molecule has 0 N–H and O–H groups in total. The quantitative estimate of drug-likeness (QED) is 0.531. The van der Waals surface area contributed by atoms with E-state index in [9.17, 15) is 4.79 Å². The zero-order chi connectivity index (χ0) is 15.4. The topological polar surface area (TPSA) is 39.2 Å². The summed E-state index contributed by atoms with van der Waals surface area (Å²) in [6, 6.07) is 15.8. The second-order valence-corrected chi connectivity index (χ2v) is 6.01. The fraction of sp³-hybridized carbons (Fsp3) is 0.111. The lowest BCUT2D eigenvalue weighted by atomic mass is 10.2. The molecule has 1 heterocycles. The molecule has 0 aliphatic heterocycles. The van der Waals surface area contributed by atoms with Crippen LogP contribution in [0, 0.1) is 6.92 Å². The van der Waals surface area contributed by atoms with Crippen LogP contribution in [-0.2, 0) is 16.1 Å². The van der Waals surface area contributed by atoms with Crippen molar-refractivity contribution in [2.45, 2.75) is 13.5 Å². The van der Waals surface area contributed by atoms with Gasteiger partial charge in [-0.25, -0.2) is 9.78 Å². The average molecular weight is 309 g/mol. The van der Waals surface area contributed by atoms with Crippen LogP contribution in [0.2, 0.25) is 0 Å². The molecule has 4 heteroatoms. The van der Waals surface area contributed by atoms with E-state index in [1.807, 2.05) is 55.5 Å². The highest BCUT2D eigenvalue weighted by Crippen LogP contribution is 2.22. The number of nitrogens with zero attached hydrogens (tertiary/aromatic N) is 1. The third kappa shape index (κ3) is 3.59. The molecule has 3 rings (SSSR count). The Kier molecular flexibility index (Phi) is 4.30. The molecule has 22 heavy (non-hydrogen) atoms. The third-order valence-electron chi connectivity index (χ3n) is 3.17. The molecule has 3 nitrogen and oxygen atoms in total. The number of thiazole rings is 1. The monoisotopic (exact) mass is 309 g/mol. The summed E-state index contributed by atoms with van der Waals surface area (Å²) >= 11 is 1.55. The molecule has 1 aromatic heterocycles. The summed E-state index contributed by atoms with van der Waals surface area (Å²) in [5, 5.41) is 0.800. The number of aromatic nitrogens is 1. The molecule has 3 aromatic rings. The number of rotatable bonds is 4. The van der Waals surface area contributed by atoms with Gasteiger partial charge < -0.3 is 4.74 Å². The fourth-order valence-electron chi connectivity index (χ4n) is 1.99. The van der Waals surface area contributed by atoms with Crippen LogP contribution < -0.4 is 0 Å². The van der Waals surface area contributed by atoms with Gasteiger partial charge in [-0.2, -0.15) is 0 Å². The number of para-hydroxylation sites is 1. The molecule has 110 valence electrons. The van der Waals surface area contributed by atoms with Gasteiger partial charge in [0.05, 0.1) is 10.2 Å². The first-order chi connectivity index (χ1) is 10.7. The first-order valence-electron chi connectivity index (χ1n) is 6.97.